The first-order valence-corrected chi connectivity index (χ1v) is 8.73. The molecule has 25 heavy (non-hydrogen) atoms. The molecule has 1 N–H and O–H groups in total. The van der Waals surface area contributed by atoms with Gasteiger partial charge < -0.3 is 14.7 Å². The summed E-state index contributed by atoms with van der Waals surface area (Å²) in [6.45, 7) is 9.57. The lowest BCUT2D eigenvalue weighted by Gasteiger charge is -2.31. The number of hydrogen-bond donors (Lipinski definition) is 1. The van der Waals surface area contributed by atoms with Crippen LogP contribution in [-0.4, -0.2) is 29.1 Å². The maximum atomic E-state index is 5.39. The molecule has 2 heterocycles. The molecule has 1 aromatic carbocycles. The molecule has 5 nitrogen and oxygen atoms in total. The number of aliphatic imine (C=N–C) groups is 1. The molecule has 0 aliphatic carbocycles. The van der Waals surface area contributed by atoms with E-state index in [0.717, 1.165) is 43.5 Å². The van der Waals surface area contributed by atoms with Gasteiger partial charge in [0.1, 0.15) is 6.54 Å². The smallest absolute Gasteiger partial charge is 0.194 e. The van der Waals surface area contributed by atoms with E-state index in [4.69, 9.17) is 9.52 Å². The van der Waals surface area contributed by atoms with E-state index in [0.29, 0.717) is 12.5 Å². The van der Waals surface area contributed by atoms with Crippen molar-refractivity contribution >= 4 is 29.9 Å². The average Bonchev–Trinajstić information content (AvgIpc) is 3.07. The van der Waals surface area contributed by atoms with Gasteiger partial charge in [0.25, 0.3) is 0 Å². The third-order valence-electron chi connectivity index (χ3n) is 4.32. The quantitative estimate of drug-likeness (QED) is 0.432. The normalized spacial score (nSPS) is 14.2. The Morgan fingerprint density at radius 3 is 2.76 bits per heavy atom. The van der Waals surface area contributed by atoms with Crippen molar-refractivity contribution in [3.63, 3.8) is 0 Å². The molecule has 1 aliphatic heterocycles. The van der Waals surface area contributed by atoms with E-state index >= 15 is 0 Å². The number of aromatic nitrogens is 1. The fourth-order valence-electron chi connectivity index (χ4n) is 2.93. The lowest BCUT2D eigenvalue weighted by atomic mass is 10.0. The molecular weight excluding hydrogens is 427 g/mol. The topological polar surface area (TPSA) is 53.7 Å². The molecule has 0 radical (unpaired) electrons. The molecule has 0 saturated heterocycles. The number of halogens is 1. The van der Waals surface area contributed by atoms with Crippen molar-refractivity contribution in [2.75, 3.05) is 13.1 Å². The Hall–Kier alpha value is -1.57. The summed E-state index contributed by atoms with van der Waals surface area (Å²) in [5.41, 5.74) is 3.81. The zero-order valence-electron chi connectivity index (χ0n) is 15.2. The van der Waals surface area contributed by atoms with Crippen molar-refractivity contribution in [3.8, 4) is 0 Å². The molecule has 1 aliphatic rings. The highest BCUT2D eigenvalue weighted by Crippen LogP contribution is 2.19. The van der Waals surface area contributed by atoms with Gasteiger partial charge in [-0.1, -0.05) is 43.3 Å². The minimum atomic E-state index is 0. The highest BCUT2D eigenvalue weighted by atomic mass is 127. The van der Waals surface area contributed by atoms with E-state index in [1.54, 1.807) is 0 Å². The first-order valence-electron chi connectivity index (χ1n) is 8.73. The fraction of sp³-hybridized carbons (Fsp3) is 0.474. The summed E-state index contributed by atoms with van der Waals surface area (Å²) in [4.78, 5) is 7.06. The van der Waals surface area contributed by atoms with E-state index < -0.39 is 0 Å². The number of nitrogens with one attached hydrogen (secondary N) is 1. The van der Waals surface area contributed by atoms with Crippen molar-refractivity contribution < 1.29 is 4.52 Å². The van der Waals surface area contributed by atoms with Crippen molar-refractivity contribution in [2.45, 2.75) is 46.2 Å². The summed E-state index contributed by atoms with van der Waals surface area (Å²) in [6.07, 6.45) is 1.06. The first kappa shape index (κ1) is 19.8. The molecule has 0 spiro atoms. The number of rotatable bonds is 4. The third-order valence-corrected chi connectivity index (χ3v) is 4.32. The largest absolute Gasteiger partial charge is 0.359 e. The van der Waals surface area contributed by atoms with Crippen LogP contribution in [-0.2, 0) is 19.5 Å². The lowest BCUT2D eigenvalue weighted by molar-refractivity contribution is 0.366. The Kier molecular flexibility index (Phi) is 7.28. The van der Waals surface area contributed by atoms with Crippen LogP contribution in [0, 0.1) is 0 Å². The van der Waals surface area contributed by atoms with Crippen LogP contribution >= 0.6 is 24.0 Å². The predicted octanol–water partition coefficient (Wildman–Crippen LogP) is 3.94. The molecule has 0 bridgehead atoms. The monoisotopic (exact) mass is 454 g/mol. The molecule has 1 aromatic heterocycles. The van der Waals surface area contributed by atoms with Gasteiger partial charge in [0.2, 0.25) is 0 Å². The van der Waals surface area contributed by atoms with Crippen LogP contribution in [0.2, 0.25) is 0 Å². The minimum Gasteiger partial charge on any atom is -0.359 e. The van der Waals surface area contributed by atoms with Gasteiger partial charge in [-0.05, 0) is 30.4 Å². The number of guanidine groups is 1. The van der Waals surface area contributed by atoms with E-state index in [-0.39, 0.29) is 24.0 Å². The lowest BCUT2D eigenvalue weighted by Crippen LogP contribution is -2.44. The Morgan fingerprint density at radius 1 is 1.32 bits per heavy atom. The van der Waals surface area contributed by atoms with Crippen LogP contribution < -0.4 is 5.32 Å². The van der Waals surface area contributed by atoms with Crippen LogP contribution in [0.1, 0.15) is 49.3 Å². The van der Waals surface area contributed by atoms with Crippen LogP contribution in [0.25, 0.3) is 0 Å². The predicted molar refractivity (Wildman–Crippen MR) is 111 cm³/mol. The van der Waals surface area contributed by atoms with Gasteiger partial charge in [0.15, 0.2) is 11.7 Å². The maximum absolute atomic E-state index is 5.39. The molecule has 2 aromatic rings. The first-order chi connectivity index (χ1) is 11.7. The Balaban J connectivity index is 0.00000225. The second kappa shape index (κ2) is 9.22. The van der Waals surface area contributed by atoms with E-state index in [1.807, 2.05) is 6.07 Å². The summed E-state index contributed by atoms with van der Waals surface area (Å²) in [5, 5.41) is 7.50. The highest BCUT2D eigenvalue weighted by molar-refractivity contribution is 14.0. The van der Waals surface area contributed by atoms with Gasteiger partial charge in [-0.3, -0.25) is 0 Å². The van der Waals surface area contributed by atoms with Crippen molar-refractivity contribution in [1.82, 2.24) is 15.4 Å². The highest BCUT2D eigenvalue weighted by Gasteiger charge is 2.18. The zero-order chi connectivity index (χ0) is 16.9. The van der Waals surface area contributed by atoms with Gasteiger partial charge in [-0.25, -0.2) is 4.99 Å². The Morgan fingerprint density at radius 2 is 2.08 bits per heavy atom. The second-order valence-electron chi connectivity index (χ2n) is 6.48. The molecule has 136 valence electrons. The van der Waals surface area contributed by atoms with Gasteiger partial charge in [-0.2, -0.15) is 0 Å². The molecule has 6 heteroatoms. The molecule has 0 saturated carbocycles. The second-order valence-corrected chi connectivity index (χ2v) is 6.48. The van der Waals surface area contributed by atoms with Gasteiger partial charge in [-0.15, -0.1) is 24.0 Å². The van der Waals surface area contributed by atoms with Crippen LogP contribution in [0.4, 0.5) is 0 Å². The minimum absolute atomic E-state index is 0. The summed E-state index contributed by atoms with van der Waals surface area (Å²) in [7, 11) is 0. The Labute approximate surface area is 166 Å². The van der Waals surface area contributed by atoms with Crippen molar-refractivity contribution in [1.29, 1.82) is 0 Å². The van der Waals surface area contributed by atoms with Crippen LogP contribution in [0.3, 0.4) is 0 Å². The summed E-state index contributed by atoms with van der Waals surface area (Å²) < 4.78 is 5.39. The van der Waals surface area contributed by atoms with Crippen molar-refractivity contribution in [3.05, 3.63) is 52.9 Å². The molecule has 0 fully saturated rings. The number of nitrogens with zero attached hydrogens (tertiary/aromatic N) is 3. The number of fused-ring (bicyclic) bond motifs is 1. The number of benzene rings is 1. The molecular formula is C19H27IN4O. The Bertz CT molecular complexity index is 711. The molecule has 0 unspecified atom stereocenters. The summed E-state index contributed by atoms with van der Waals surface area (Å²) in [6, 6.07) is 10.6. The SMILES string of the molecule is CCNC(=NCc1cc(C(C)C)no1)N1CCc2ccccc2C1.I. The zero-order valence-corrected chi connectivity index (χ0v) is 17.5. The van der Waals surface area contributed by atoms with Crippen molar-refractivity contribution in [2.24, 2.45) is 4.99 Å². The standard InChI is InChI=1S/C19H26N4O.HI/c1-4-20-19(21-12-17-11-18(14(2)3)22-24-17)23-10-9-15-7-5-6-8-16(15)13-23;/h5-8,11,14H,4,9-10,12-13H2,1-3H3,(H,20,21);1H. The number of hydrogen-bond acceptors (Lipinski definition) is 3. The molecule has 0 amide bonds. The summed E-state index contributed by atoms with van der Waals surface area (Å²) in [5.74, 6) is 2.12. The van der Waals surface area contributed by atoms with E-state index in [9.17, 15) is 0 Å². The van der Waals surface area contributed by atoms with Crippen LogP contribution in [0.15, 0.2) is 39.8 Å². The maximum Gasteiger partial charge on any atom is 0.194 e. The van der Waals surface area contributed by atoms with Gasteiger partial charge in [0, 0.05) is 25.7 Å². The third kappa shape index (κ3) is 4.96. The average molecular weight is 454 g/mol. The van der Waals surface area contributed by atoms with Crippen LogP contribution in [0.5, 0.6) is 0 Å². The van der Waals surface area contributed by atoms with E-state index in [2.05, 4.69) is 60.4 Å². The fourth-order valence-corrected chi connectivity index (χ4v) is 2.93. The summed E-state index contributed by atoms with van der Waals surface area (Å²) >= 11 is 0. The van der Waals surface area contributed by atoms with Gasteiger partial charge in [0.05, 0.1) is 5.69 Å². The molecule has 0 atom stereocenters. The molecule has 3 rings (SSSR count). The van der Waals surface area contributed by atoms with Gasteiger partial charge >= 0.3 is 0 Å². The van der Waals surface area contributed by atoms with E-state index in [1.165, 1.54) is 11.1 Å².